The number of furan rings is 1. The molecule has 2 unspecified atom stereocenters. The van der Waals surface area contributed by atoms with Gasteiger partial charge in [0.25, 0.3) is 0 Å². The number of aliphatic hydroxyl groups is 1. The van der Waals surface area contributed by atoms with Crippen molar-refractivity contribution in [3.63, 3.8) is 0 Å². The fourth-order valence-corrected chi connectivity index (χ4v) is 1.74. The normalized spacial score (nSPS) is 30.7. The van der Waals surface area contributed by atoms with Gasteiger partial charge in [0.05, 0.1) is 12.7 Å². The first-order valence-electron chi connectivity index (χ1n) is 4.71. The molecule has 15 heavy (non-hydrogen) atoms. The van der Waals surface area contributed by atoms with Gasteiger partial charge in [-0.2, -0.15) is 0 Å². The summed E-state index contributed by atoms with van der Waals surface area (Å²) in [5.74, 6) is -1.06. The Bertz CT molecular complexity index is 383. The molecular formula is C10H12O5. The molecule has 0 bridgehead atoms. The number of hydrogen-bond acceptors (Lipinski definition) is 4. The van der Waals surface area contributed by atoms with Crippen LogP contribution in [-0.4, -0.2) is 28.9 Å². The SMILES string of the molecule is CC1OCCC1(O)c1ccc(C(=O)O)o1. The van der Waals surface area contributed by atoms with E-state index >= 15 is 0 Å². The molecule has 82 valence electrons. The number of carbonyl (C=O) groups is 1. The molecule has 1 aromatic rings. The van der Waals surface area contributed by atoms with E-state index in [1.54, 1.807) is 6.92 Å². The van der Waals surface area contributed by atoms with E-state index in [0.29, 0.717) is 13.0 Å². The van der Waals surface area contributed by atoms with Gasteiger partial charge in [-0.3, -0.25) is 0 Å². The van der Waals surface area contributed by atoms with Crippen LogP contribution in [-0.2, 0) is 10.3 Å². The van der Waals surface area contributed by atoms with Gasteiger partial charge in [0.2, 0.25) is 5.76 Å². The lowest BCUT2D eigenvalue weighted by atomic mass is 9.94. The van der Waals surface area contributed by atoms with Crippen molar-refractivity contribution >= 4 is 5.97 Å². The Morgan fingerprint density at radius 2 is 2.33 bits per heavy atom. The zero-order chi connectivity index (χ0) is 11.1. The molecule has 5 nitrogen and oxygen atoms in total. The third kappa shape index (κ3) is 1.53. The minimum Gasteiger partial charge on any atom is -0.475 e. The van der Waals surface area contributed by atoms with Crippen LogP contribution >= 0.6 is 0 Å². The Hall–Kier alpha value is -1.33. The van der Waals surface area contributed by atoms with Crippen molar-refractivity contribution in [3.05, 3.63) is 23.7 Å². The minimum absolute atomic E-state index is 0.169. The van der Waals surface area contributed by atoms with E-state index in [4.69, 9.17) is 14.3 Å². The van der Waals surface area contributed by atoms with Crippen LogP contribution in [0, 0.1) is 0 Å². The second-order valence-electron chi connectivity index (χ2n) is 3.66. The Kier molecular flexibility index (Phi) is 2.28. The van der Waals surface area contributed by atoms with Crippen LogP contribution in [0.2, 0.25) is 0 Å². The summed E-state index contributed by atoms with van der Waals surface area (Å²) in [5.41, 5.74) is -1.20. The van der Waals surface area contributed by atoms with Gasteiger partial charge in [0.1, 0.15) is 11.4 Å². The summed E-state index contributed by atoms with van der Waals surface area (Å²) in [4.78, 5) is 10.6. The molecule has 0 aromatic carbocycles. The van der Waals surface area contributed by atoms with E-state index in [1.165, 1.54) is 12.1 Å². The second-order valence-corrected chi connectivity index (χ2v) is 3.66. The van der Waals surface area contributed by atoms with E-state index in [1.807, 2.05) is 0 Å². The molecule has 1 aromatic heterocycles. The van der Waals surface area contributed by atoms with Crippen molar-refractivity contribution in [2.75, 3.05) is 6.61 Å². The van der Waals surface area contributed by atoms with Crippen molar-refractivity contribution in [2.24, 2.45) is 0 Å². The van der Waals surface area contributed by atoms with Crippen LogP contribution in [0.4, 0.5) is 0 Å². The molecule has 0 radical (unpaired) electrons. The van der Waals surface area contributed by atoms with Crippen LogP contribution < -0.4 is 0 Å². The molecular weight excluding hydrogens is 200 g/mol. The molecule has 0 saturated carbocycles. The topological polar surface area (TPSA) is 79.9 Å². The lowest BCUT2D eigenvalue weighted by Crippen LogP contribution is -2.32. The molecule has 2 atom stereocenters. The fraction of sp³-hybridized carbons (Fsp3) is 0.500. The van der Waals surface area contributed by atoms with Gasteiger partial charge < -0.3 is 19.4 Å². The monoisotopic (exact) mass is 212 g/mol. The highest BCUT2D eigenvalue weighted by Gasteiger charge is 2.44. The molecule has 0 amide bonds. The number of carboxylic acid groups (broad SMARTS) is 1. The summed E-state index contributed by atoms with van der Waals surface area (Å²) >= 11 is 0. The number of carboxylic acids is 1. The maximum Gasteiger partial charge on any atom is 0.371 e. The molecule has 2 rings (SSSR count). The highest BCUT2D eigenvalue weighted by molar-refractivity contribution is 5.84. The third-order valence-electron chi connectivity index (χ3n) is 2.77. The predicted molar refractivity (Wildman–Crippen MR) is 49.6 cm³/mol. The molecule has 0 aliphatic carbocycles. The van der Waals surface area contributed by atoms with E-state index < -0.39 is 11.6 Å². The van der Waals surface area contributed by atoms with Crippen LogP contribution in [0.3, 0.4) is 0 Å². The van der Waals surface area contributed by atoms with Gasteiger partial charge >= 0.3 is 5.97 Å². The minimum atomic E-state index is -1.20. The van der Waals surface area contributed by atoms with Gasteiger partial charge in [-0.1, -0.05) is 0 Å². The molecule has 1 saturated heterocycles. The fourth-order valence-electron chi connectivity index (χ4n) is 1.74. The molecule has 0 spiro atoms. The third-order valence-corrected chi connectivity index (χ3v) is 2.77. The first-order chi connectivity index (χ1) is 7.04. The number of aromatic carboxylic acids is 1. The van der Waals surface area contributed by atoms with E-state index in [2.05, 4.69) is 0 Å². The van der Waals surface area contributed by atoms with Gasteiger partial charge in [0, 0.05) is 6.42 Å². The van der Waals surface area contributed by atoms with Gasteiger partial charge in [0.15, 0.2) is 0 Å². The number of hydrogen-bond donors (Lipinski definition) is 2. The Labute approximate surface area is 86.3 Å². The van der Waals surface area contributed by atoms with Crippen LogP contribution in [0.25, 0.3) is 0 Å². The zero-order valence-electron chi connectivity index (χ0n) is 8.27. The molecule has 5 heteroatoms. The van der Waals surface area contributed by atoms with Crippen LogP contribution in [0.15, 0.2) is 16.5 Å². The van der Waals surface area contributed by atoms with Crippen molar-refractivity contribution in [3.8, 4) is 0 Å². The summed E-state index contributed by atoms with van der Waals surface area (Å²) in [6.07, 6.45) is 0.0334. The summed E-state index contributed by atoms with van der Waals surface area (Å²) in [7, 11) is 0. The zero-order valence-corrected chi connectivity index (χ0v) is 8.27. The highest BCUT2D eigenvalue weighted by Crippen LogP contribution is 2.36. The highest BCUT2D eigenvalue weighted by atomic mass is 16.5. The van der Waals surface area contributed by atoms with Crippen molar-refractivity contribution in [1.29, 1.82) is 0 Å². The van der Waals surface area contributed by atoms with Crippen molar-refractivity contribution in [1.82, 2.24) is 0 Å². The molecule has 2 heterocycles. The lowest BCUT2D eigenvalue weighted by molar-refractivity contribution is -0.0466. The van der Waals surface area contributed by atoms with Gasteiger partial charge in [-0.15, -0.1) is 0 Å². The van der Waals surface area contributed by atoms with Crippen molar-refractivity contribution < 1.29 is 24.2 Å². The summed E-state index contributed by atoms with van der Waals surface area (Å²) < 4.78 is 10.3. The summed E-state index contributed by atoms with van der Waals surface area (Å²) in [6.45, 7) is 2.18. The summed E-state index contributed by atoms with van der Waals surface area (Å²) in [5, 5.41) is 18.9. The molecule has 1 aliphatic heterocycles. The Morgan fingerprint density at radius 1 is 1.60 bits per heavy atom. The molecule has 1 fully saturated rings. The smallest absolute Gasteiger partial charge is 0.371 e. The standard InChI is InChI=1S/C10H12O5/c1-6-10(13,4-5-14-6)8-3-2-7(15-8)9(11)12/h2-3,6,13H,4-5H2,1H3,(H,11,12). The quantitative estimate of drug-likeness (QED) is 0.763. The first kappa shape index (κ1) is 10.2. The largest absolute Gasteiger partial charge is 0.475 e. The van der Waals surface area contributed by atoms with Crippen LogP contribution in [0.5, 0.6) is 0 Å². The van der Waals surface area contributed by atoms with Crippen molar-refractivity contribution in [2.45, 2.75) is 25.0 Å². The Balaban J connectivity index is 2.32. The maximum absolute atomic E-state index is 10.6. The van der Waals surface area contributed by atoms with E-state index in [9.17, 15) is 9.90 Å². The average molecular weight is 212 g/mol. The van der Waals surface area contributed by atoms with E-state index in [-0.39, 0.29) is 17.6 Å². The summed E-state index contributed by atoms with van der Waals surface area (Å²) in [6, 6.07) is 2.81. The number of rotatable bonds is 2. The van der Waals surface area contributed by atoms with Gasteiger partial charge in [-0.05, 0) is 19.1 Å². The van der Waals surface area contributed by atoms with E-state index in [0.717, 1.165) is 0 Å². The predicted octanol–water partition coefficient (Wildman–Crippen LogP) is 0.974. The lowest BCUT2D eigenvalue weighted by Gasteiger charge is -2.23. The number of ether oxygens (including phenoxy) is 1. The van der Waals surface area contributed by atoms with Gasteiger partial charge in [-0.25, -0.2) is 4.79 Å². The molecule has 2 N–H and O–H groups in total. The Morgan fingerprint density at radius 3 is 2.80 bits per heavy atom. The molecule has 1 aliphatic rings. The average Bonchev–Trinajstić information content (AvgIpc) is 2.75. The first-order valence-corrected chi connectivity index (χ1v) is 4.71. The second kappa shape index (κ2) is 3.36. The maximum atomic E-state index is 10.6. The van der Waals surface area contributed by atoms with Crippen LogP contribution in [0.1, 0.15) is 29.7 Å².